The fourth-order valence-electron chi connectivity index (χ4n) is 3.40. The average Bonchev–Trinajstić information content (AvgIpc) is 2.76. The van der Waals surface area contributed by atoms with Gasteiger partial charge in [0.2, 0.25) is 11.8 Å². The summed E-state index contributed by atoms with van der Waals surface area (Å²) >= 11 is 3.23. The maximum atomic E-state index is 13.3. The predicted molar refractivity (Wildman–Crippen MR) is 118 cm³/mol. The van der Waals surface area contributed by atoms with Crippen LogP contribution in [0.1, 0.15) is 32.7 Å². The van der Waals surface area contributed by atoms with Crippen LogP contribution in [0.4, 0.5) is 4.39 Å². The summed E-state index contributed by atoms with van der Waals surface area (Å²) in [7, 11) is 0. The molecule has 0 unspecified atom stereocenters. The number of nitrogens with two attached hydrogens (primary N) is 1. The smallest absolute Gasteiger partial charge is 0.252 e. The maximum absolute atomic E-state index is 13.3. The summed E-state index contributed by atoms with van der Waals surface area (Å²) in [6.07, 6.45) is 0.188. The van der Waals surface area contributed by atoms with E-state index in [9.17, 15) is 18.8 Å². The first-order valence-corrected chi connectivity index (χ1v) is 10.7. The lowest BCUT2D eigenvalue weighted by Crippen LogP contribution is -2.48. The fourth-order valence-corrected chi connectivity index (χ4v) is 3.82. The topological polar surface area (TPSA) is 95.7 Å². The van der Waals surface area contributed by atoms with Crippen molar-refractivity contribution in [2.45, 2.75) is 13.0 Å². The highest BCUT2D eigenvalue weighted by Crippen LogP contribution is 2.17. The van der Waals surface area contributed by atoms with Gasteiger partial charge in [0.05, 0.1) is 5.56 Å². The van der Waals surface area contributed by atoms with Gasteiger partial charge in [-0.05, 0) is 51.8 Å². The molecule has 9 heteroatoms. The number of carbonyl (C=O) groups is 3. The summed E-state index contributed by atoms with van der Waals surface area (Å²) in [6.45, 7) is 3.63. The highest BCUT2D eigenvalue weighted by molar-refractivity contribution is 9.10. The second kappa shape index (κ2) is 10.5. The van der Waals surface area contributed by atoms with Crippen LogP contribution in [-0.4, -0.2) is 60.2 Å². The fraction of sp³-hybridized carbons (Fsp3) is 0.318. The summed E-state index contributed by atoms with van der Waals surface area (Å²) in [4.78, 5) is 39.8. The minimum atomic E-state index is -0.494. The van der Waals surface area contributed by atoms with Crippen molar-refractivity contribution in [1.29, 1.82) is 0 Å². The monoisotopic (exact) mass is 490 g/mol. The standard InChI is InChI=1S/C22H24BrFN4O3/c23-19-6-5-17(24)13-18(19)22(31)26-8-7-20(29)28-11-9-27(10-12-28)14-15-1-3-16(4-2-15)21(25)30/h1-6,13H,7-12,14H2,(H2,25,30)(H,26,31). The second-order valence-electron chi connectivity index (χ2n) is 7.35. The van der Waals surface area contributed by atoms with E-state index in [-0.39, 0.29) is 24.4 Å². The van der Waals surface area contributed by atoms with Gasteiger partial charge in [0.15, 0.2) is 0 Å². The Hall–Kier alpha value is -2.78. The Labute approximate surface area is 188 Å². The van der Waals surface area contributed by atoms with Crippen LogP contribution in [0.25, 0.3) is 0 Å². The number of benzene rings is 2. The minimum absolute atomic E-state index is 0.0240. The summed E-state index contributed by atoms with van der Waals surface area (Å²) in [5.41, 5.74) is 7.02. The Morgan fingerprint density at radius 1 is 1.03 bits per heavy atom. The van der Waals surface area contributed by atoms with Crippen LogP contribution in [0.3, 0.4) is 0 Å². The zero-order chi connectivity index (χ0) is 22.4. The number of rotatable bonds is 7. The summed E-state index contributed by atoms with van der Waals surface area (Å²) in [6, 6.07) is 11.1. The van der Waals surface area contributed by atoms with Gasteiger partial charge in [0.25, 0.3) is 5.91 Å². The van der Waals surface area contributed by atoms with Gasteiger partial charge in [-0.2, -0.15) is 0 Å². The zero-order valence-corrected chi connectivity index (χ0v) is 18.5. The van der Waals surface area contributed by atoms with E-state index in [4.69, 9.17) is 5.73 Å². The number of hydrogen-bond donors (Lipinski definition) is 2. The first-order valence-electron chi connectivity index (χ1n) is 9.95. The van der Waals surface area contributed by atoms with Gasteiger partial charge in [-0.1, -0.05) is 12.1 Å². The number of halogens is 2. The number of nitrogens with zero attached hydrogens (tertiary/aromatic N) is 2. The van der Waals surface area contributed by atoms with Crippen molar-refractivity contribution in [2.75, 3.05) is 32.7 Å². The largest absolute Gasteiger partial charge is 0.366 e. The van der Waals surface area contributed by atoms with Gasteiger partial charge in [-0.3, -0.25) is 19.3 Å². The van der Waals surface area contributed by atoms with Crippen molar-refractivity contribution in [3.63, 3.8) is 0 Å². The molecule has 0 spiro atoms. The molecule has 3 N–H and O–H groups in total. The Bertz CT molecular complexity index is 960. The number of piperazine rings is 1. The molecule has 0 aliphatic carbocycles. The Balaban J connectivity index is 1.40. The van der Waals surface area contributed by atoms with Crippen LogP contribution in [0.2, 0.25) is 0 Å². The van der Waals surface area contributed by atoms with E-state index in [2.05, 4.69) is 26.1 Å². The molecule has 1 saturated heterocycles. The SMILES string of the molecule is NC(=O)c1ccc(CN2CCN(C(=O)CCNC(=O)c3cc(F)ccc3Br)CC2)cc1. The van der Waals surface area contributed by atoms with Gasteiger partial charge in [0.1, 0.15) is 5.82 Å². The lowest BCUT2D eigenvalue weighted by molar-refractivity contribution is -0.132. The molecule has 1 aliphatic rings. The van der Waals surface area contributed by atoms with Gasteiger partial charge in [-0.15, -0.1) is 0 Å². The zero-order valence-electron chi connectivity index (χ0n) is 16.9. The molecule has 0 saturated carbocycles. The Morgan fingerprint density at radius 3 is 2.35 bits per heavy atom. The van der Waals surface area contributed by atoms with Crippen molar-refractivity contribution < 1.29 is 18.8 Å². The molecule has 1 aliphatic heterocycles. The molecule has 0 radical (unpaired) electrons. The van der Waals surface area contributed by atoms with Crippen molar-refractivity contribution in [1.82, 2.24) is 15.1 Å². The van der Waals surface area contributed by atoms with Crippen LogP contribution in [0.15, 0.2) is 46.9 Å². The lowest BCUT2D eigenvalue weighted by Gasteiger charge is -2.34. The van der Waals surface area contributed by atoms with Crippen molar-refractivity contribution in [3.05, 3.63) is 69.4 Å². The minimum Gasteiger partial charge on any atom is -0.366 e. The van der Waals surface area contributed by atoms with Crippen molar-refractivity contribution in [3.8, 4) is 0 Å². The van der Waals surface area contributed by atoms with E-state index in [0.29, 0.717) is 23.1 Å². The molecule has 0 aromatic heterocycles. The highest BCUT2D eigenvalue weighted by atomic mass is 79.9. The van der Waals surface area contributed by atoms with Gasteiger partial charge >= 0.3 is 0 Å². The van der Waals surface area contributed by atoms with Crippen LogP contribution in [0.5, 0.6) is 0 Å². The normalized spacial score (nSPS) is 14.3. The molecule has 1 heterocycles. The summed E-state index contributed by atoms with van der Waals surface area (Å²) < 4.78 is 13.8. The quantitative estimate of drug-likeness (QED) is 0.621. The van der Waals surface area contributed by atoms with E-state index in [1.807, 2.05) is 12.1 Å². The Kier molecular flexibility index (Phi) is 7.75. The van der Waals surface area contributed by atoms with Crippen LogP contribution >= 0.6 is 15.9 Å². The molecular formula is C22H24BrFN4O3. The number of amides is 3. The van der Waals surface area contributed by atoms with E-state index in [1.165, 1.54) is 12.1 Å². The lowest BCUT2D eigenvalue weighted by atomic mass is 10.1. The van der Waals surface area contributed by atoms with Gasteiger partial charge < -0.3 is 16.0 Å². The molecule has 2 aromatic carbocycles. The van der Waals surface area contributed by atoms with Gasteiger partial charge in [-0.25, -0.2) is 4.39 Å². The summed E-state index contributed by atoms with van der Waals surface area (Å²) in [5.74, 6) is -1.39. The summed E-state index contributed by atoms with van der Waals surface area (Å²) in [5, 5.41) is 2.66. The molecule has 2 aromatic rings. The van der Waals surface area contributed by atoms with E-state index >= 15 is 0 Å². The van der Waals surface area contributed by atoms with E-state index < -0.39 is 17.6 Å². The molecule has 0 atom stereocenters. The molecule has 3 rings (SSSR count). The molecule has 0 bridgehead atoms. The number of hydrogen-bond acceptors (Lipinski definition) is 4. The molecule has 7 nitrogen and oxygen atoms in total. The van der Waals surface area contributed by atoms with Crippen LogP contribution < -0.4 is 11.1 Å². The second-order valence-corrected chi connectivity index (χ2v) is 8.20. The first-order chi connectivity index (χ1) is 14.8. The van der Waals surface area contributed by atoms with E-state index in [1.54, 1.807) is 17.0 Å². The van der Waals surface area contributed by atoms with Crippen molar-refractivity contribution in [2.24, 2.45) is 5.73 Å². The molecule has 31 heavy (non-hydrogen) atoms. The first kappa shape index (κ1) is 22.9. The number of nitrogens with one attached hydrogen (secondary N) is 1. The highest BCUT2D eigenvalue weighted by Gasteiger charge is 2.21. The number of carbonyl (C=O) groups excluding carboxylic acids is 3. The van der Waals surface area contributed by atoms with Crippen LogP contribution in [0, 0.1) is 5.82 Å². The Morgan fingerprint density at radius 2 is 1.71 bits per heavy atom. The molecular weight excluding hydrogens is 467 g/mol. The van der Waals surface area contributed by atoms with Crippen molar-refractivity contribution >= 4 is 33.7 Å². The van der Waals surface area contributed by atoms with Crippen LogP contribution in [-0.2, 0) is 11.3 Å². The number of primary amides is 1. The molecule has 1 fully saturated rings. The predicted octanol–water partition coefficient (Wildman–Crippen LogP) is 2.15. The molecule has 164 valence electrons. The third-order valence-corrected chi connectivity index (χ3v) is 5.86. The third kappa shape index (κ3) is 6.35. The average molecular weight is 491 g/mol. The van der Waals surface area contributed by atoms with Gasteiger partial charge in [0, 0.05) is 55.7 Å². The van der Waals surface area contributed by atoms with E-state index in [0.717, 1.165) is 31.3 Å². The third-order valence-electron chi connectivity index (χ3n) is 5.17. The maximum Gasteiger partial charge on any atom is 0.252 e. The molecule has 3 amide bonds.